The minimum atomic E-state index is -0.163. The van der Waals surface area contributed by atoms with Crippen molar-refractivity contribution in [2.24, 2.45) is 0 Å². The van der Waals surface area contributed by atoms with Gasteiger partial charge in [-0.05, 0) is 30.7 Å². The first-order valence-electron chi connectivity index (χ1n) is 8.14. The Hall–Kier alpha value is -2.69. The van der Waals surface area contributed by atoms with E-state index < -0.39 is 0 Å². The summed E-state index contributed by atoms with van der Waals surface area (Å²) in [6.07, 6.45) is 0.937. The molecule has 1 atom stereocenters. The van der Waals surface area contributed by atoms with Gasteiger partial charge in [-0.15, -0.1) is 0 Å². The summed E-state index contributed by atoms with van der Waals surface area (Å²) in [5, 5.41) is 2.88. The number of carbonyl (C=O) groups excluding carboxylic acids is 1. The zero-order valence-corrected chi connectivity index (χ0v) is 13.4. The van der Waals surface area contributed by atoms with E-state index in [2.05, 4.69) is 5.32 Å². The molecule has 1 N–H and O–H groups in total. The average molecular weight is 327 g/mol. The van der Waals surface area contributed by atoms with Gasteiger partial charge < -0.3 is 19.5 Å². The number of nitrogens with one attached hydrogen (secondary N) is 1. The van der Waals surface area contributed by atoms with E-state index >= 15 is 0 Å². The molecule has 5 heteroatoms. The lowest BCUT2D eigenvalue weighted by molar-refractivity contribution is -0.121. The van der Waals surface area contributed by atoms with Crippen LogP contribution >= 0.6 is 0 Å². The Kier molecular flexibility index (Phi) is 5.56. The van der Waals surface area contributed by atoms with Crippen LogP contribution in [0.1, 0.15) is 12.8 Å². The number of hydrogen-bond donors (Lipinski definition) is 1. The summed E-state index contributed by atoms with van der Waals surface area (Å²) in [6.45, 7) is 1.40. The van der Waals surface area contributed by atoms with Crippen LogP contribution < -0.4 is 19.5 Å². The van der Waals surface area contributed by atoms with Gasteiger partial charge in [0.25, 0.3) is 0 Å². The molecular weight excluding hydrogens is 306 g/mol. The van der Waals surface area contributed by atoms with Gasteiger partial charge in [0.05, 0.1) is 13.2 Å². The molecule has 0 fully saturated rings. The molecule has 2 aromatic carbocycles. The highest BCUT2D eigenvalue weighted by Gasteiger charge is 2.20. The lowest BCUT2D eigenvalue weighted by Crippen LogP contribution is -2.40. The van der Waals surface area contributed by atoms with E-state index in [9.17, 15) is 4.79 Å². The second-order valence-electron chi connectivity index (χ2n) is 5.57. The third-order valence-corrected chi connectivity index (χ3v) is 3.65. The normalized spacial score (nSPS) is 15.6. The molecule has 0 radical (unpaired) electrons. The first-order valence-corrected chi connectivity index (χ1v) is 8.14. The summed E-state index contributed by atoms with van der Waals surface area (Å²) in [6, 6.07) is 17.1. The first-order chi connectivity index (χ1) is 11.8. The van der Waals surface area contributed by atoms with E-state index in [0.717, 1.165) is 17.2 Å². The van der Waals surface area contributed by atoms with Gasteiger partial charge in [0.2, 0.25) is 5.91 Å². The molecule has 0 aromatic heterocycles. The van der Waals surface area contributed by atoms with Crippen molar-refractivity contribution in [2.45, 2.75) is 18.9 Å². The van der Waals surface area contributed by atoms with Gasteiger partial charge in [0.1, 0.15) is 18.5 Å². The van der Waals surface area contributed by atoms with Gasteiger partial charge in [-0.25, -0.2) is 0 Å². The minimum absolute atomic E-state index is 0.00544. The molecule has 1 amide bonds. The number of fused-ring (bicyclic) bond motifs is 1. The fourth-order valence-corrected chi connectivity index (χ4v) is 2.42. The van der Waals surface area contributed by atoms with Gasteiger partial charge >= 0.3 is 0 Å². The molecule has 1 aliphatic rings. The number of para-hydroxylation sites is 3. The number of benzene rings is 2. The summed E-state index contributed by atoms with van der Waals surface area (Å²) >= 11 is 0. The van der Waals surface area contributed by atoms with Crippen LogP contribution in [0.15, 0.2) is 54.6 Å². The molecule has 1 aliphatic heterocycles. The Labute approximate surface area is 141 Å². The van der Waals surface area contributed by atoms with Crippen molar-refractivity contribution in [1.29, 1.82) is 0 Å². The fraction of sp³-hybridized carbons (Fsp3) is 0.316. The monoisotopic (exact) mass is 327 g/mol. The Bertz CT molecular complexity index is 659. The second-order valence-corrected chi connectivity index (χ2v) is 5.57. The summed E-state index contributed by atoms with van der Waals surface area (Å²) in [4.78, 5) is 11.9. The lowest BCUT2D eigenvalue weighted by atomic mass is 10.2. The van der Waals surface area contributed by atoms with Crippen molar-refractivity contribution >= 4 is 5.91 Å². The van der Waals surface area contributed by atoms with Crippen LogP contribution in [0.2, 0.25) is 0 Å². The number of rotatable bonds is 7. The summed E-state index contributed by atoms with van der Waals surface area (Å²) < 4.78 is 17.0. The van der Waals surface area contributed by atoms with Crippen molar-refractivity contribution in [1.82, 2.24) is 5.32 Å². The highest BCUT2D eigenvalue weighted by Crippen LogP contribution is 2.30. The molecule has 0 aliphatic carbocycles. The third kappa shape index (κ3) is 4.65. The smallest absolute Gasteiger partial charge is 0.220 e. The van der Waals surface area contributed by atoms with Crippen LogP contribution in [0.5, 0.6) is 17.2 Å². The summed E-state index contributed by atoms with van der Waals surface area (Å²) in [5.41, 5.74) is 0. The van der Waals surface area contributed by atoms with E-state index in [1.165, 1.54) is 0 Å². The number of ether oxygens (including phenoxy) is 3. The van der Waals surface area contributed by atoms with E-state index in [1.807, 2.05) is 54.6 Å². The Balaban J connectivity index is 1.32. The van der Waals surface area contributed by atoms with Crippen LogP contribution in [0.3, 0.4) is 0 Å². The van der Waals surface area contributed by atoms with Gasteiger partial charge in [-0.2, -0.15) is 0 Å². The molecular formula is C19H21NO4. The quantitative estimate of drug-likeness (QED) is 0.795. The number of carbonyl (C=O) groups is 1. The molecule has 0 saturated heterocycles. The molecule has 5 nitrogen and oxygen atoms in total. The van der Waals surface area contributed by atoms with Crippen molar-refractivity contribution in [3.63, 3.8) is 0 Å². The van der Waals surface area contributed by atoms with Crippen molar-refractivity contribution in [3.8, 4) is 17.2 Å². The summed E-state index contributed by atoms with van der Waals surface area (Å²) in [5.74, 6) is 2.29. The molecule has 3 rings (SSSR count). The van der Waals surface area contributed by atoms with E-state index in [1.54, 1.807) is 0 Å². The number of hydrogen-bond acceptors (Lipinski definition) is 4. The molecule has 1 unspecified atom stereocenters. The largest absolute Gasteiger partial charge is 0.494 e. The Morgan fingerprint density at radius 3 is 2.67 bits per heavy atom. The minimum Gasteiger partial charge on any atom is -0.494 e. The van der Waals surface area contributed by atoms with Crippen molar-refractivity contribution in [3.05, 3.63) is 54.6 Å². The first kappa shape index (κ1) is 16.2. The van der Waals surface area contributed by atoms with Gasteiger partial charge in [-0.3, -0.25) is 4.79 Å². The van der Waals surface area contributed by atoms with Crippen LogP contribution in [-0.4, -0.2) is 31.8 Å². The van der Waals surface area contributed by atoms with E-state index in [0.29, 0.717) is 32.6 Å². The van der Waals surface area contributed by atoms with Crippen LogP contribution in [0, 0.1) is 0 Å². The SMILES string of the molecule is O=C(CCCOc1ccccc1)NCC1COc2ccccc2O1. The molecule has 126 valence electrons. The van der Waals surface area contributed by atoms with Crippen molar-refractivity contribution in [2.75, 3.05) is 19.8 Å². The zero-order chi connectivity index (χ0) is 16.6. The summed E-state index contributed by atoms with van der Waals surface area (Å²) in [7, 11) is 0. The lowest BCUT2D eigenvalue weighted by Gasteiger charge is -2.26. The molecule has 0 spiro atoms. The Morgan fingerprint density at radius 2 is 1.83 bits per heavy atom. The second kappa shape index (κ2) is 8.24. The van der Waals surface area contributed by atoms with Gasteiger partial charge in [0, 0.05) is 6.42 Å². The number of amides is 1. The maximum atomic E-state index is 11.9. The molecule has 2 aromatic rings. The predicted molar refractivity (Wildman–Crippen MR) is 90.5 cm³/mol. The maximum Gasteiger partial charge on any atom is 0.220 e. The highest BCUT2D eigenvalue weighted by molar-refractivity contribution is 5.75. The van der Waals surface area contributed by atoms with E-state index in [4.69, 9.17) is 14.2 Å². The highest BCUT2D eigenvalue weighted by atomic mass is 16.6. The topological polar surface area (TPSA) is 56.8 Å². The van der Waals surface area contributed by atoms with Gasteiger partial charge in [0.15, 0.2) is 11.5 Å². The van der Waals surface area contributed by atoms with Crippen LogP contribution in [-0.2, 0) is 4.79 Å². The van der Waals surface area contributed by atoms with Crippen molar-refractivity contribution < 1.29 is 19.0 Å². The predicted octanol–water partition coefficient (Wildman–Crippen LogP) is 2.80. The standard InChI is InChI=1S/C19H21NO4/c21-19(11-6-12-22-15-7-2-1-3-8-15)20-13-16-14-23-17-9-4-5-10-18(17)24-16/h1-5,7-10,16H,6,11-14H2,(H,20,21). The van der Waals surface area contributed by atoms with Crippen LogP contribution in [0.4, 0.5) is 0 Å². The Morgan fingerprint density at radius 1 is 1.08 bits per heavy atom. The zero-order valence-electron chi connectivity index (χ0n) is 13.4. The fourth-order valence-electron chi connectivity index (χ4n) is 2.42. The molecule has 0 saturated carbocycles. The maximum absolute atomic E-state index is 11.9. The van der Waals surface area contributed by atoms with Crippen LogP contribution in [0.25, 0.3) is 0 Å². The van der Waals surface area contributed by atoms with E-state index in [-0.39, 0.29) is 12.0 Å². The molecule has 24 heavy (non-hydrogen) atoms. The average Bonchev–Trinajstić information content (AvgIpc) is 2.64. The van der Waals surface area contributed by atoms with Gasteiger partial charge in [-0.1, -0.05) is 30.3 Å². The molecule has 1 heterocycles. The third-order valence-electron chi connectivity index (χ3n) is 3.65. The molecule has 0 bridgehead atoms.